The third-order valence-corrected chi connectivity index (χ3v) is 5.67. The Kier molecular flexibility index (Phi) is 5.10. The Bertz CT molecular complexity index is 392. The van der Waals surface area contributed by atoms with Gasteiger partial charge in [0.25, 0.3) is 0 Å². The topological polar surface area (TPSA) is 12.0 Å². The molecule has 1 aliphatic carbocycles. The maximum Gasteiger partial charge on any atom is 0.0446 e. The van der Waals surface area contributed by atoms with Gasteiger partial charge in [0.1, 0.15) is 0 Å². The van der Waals surface area contributed by atoms with Gasteiger partial charge in [0.05, 0.1) is 0 Å². The van der Waals surface area contributed by atoms with Gasteiger partial charge in [-0.05, 0) is 49.4 Å². The molecule has 0 heterocycles. The molecule has 2 rings (SSSR count). The SMILES string of the molecule is C[Si](C)(C)CC(CNC1CC1)Cc1ccc(Cl)cc1. The zero-order valence-corrected chi connectivity index (χ0v) is 14.1. The van der Waals surface area contributed by atoms with Crippen LogP contribution >= 0.6 is 11.6 Å². The Morgan fingerprint density at radius 3 is 2.37 bits per heavy atom. The lowest BCUT2D eigenvalue weighted by Crippen LogP contribution is -2.32. The summed E-state index contributed by atoms with van der Waals surface area (Å²) in [5, 5.41) is 4.54. The maximum atomic E-state index is 5.96. The predicted molar refractivity (Wildman–Crippen MR) is 87.8 cm³/mol. The van der Waals surface area contributed by atoms with Gasteiger partial charge in [-0.3, -0.25) is 0 Å². The van der Waals surface area contributed by atoms with E-state index in [1.54, 1.807) is 0 Å². The van der Waals surface area contributed by atoms with Crippen molar-refractivity contribution in [1.82, 2.24) is 5.32 Å². The van der Waals surface area contributed by atoms with Crippen LogP contribution in [0.2, 0.25) is 30.7 Å². The highest BCUT2D eigenvalue weighted by atomic mass is 35.5. The first-order chi connectivity index (χ1) is 8.92. The minimum absolute atomic E-state index is 0.772. The average Bonchev–Trinajstić information content (AvgIpc) is 3.11. The molecule has 0 spiro atoms. The first-order valence-corrected chi connectivity index (χ1v) is 11.5. The van der Waals surface area contributed by atoms with Gasteiger partial charge in [-0.15, -0.1) is 0 Å². The molecule has 0 aliphatic heterocycles. The zero-order valence-electron chi connectivity index (χ0n) is 12.4. The maximum absolute atomic E-state index is 5.96. The Morgan fingerprint density at radius 2 is 1.84 bits per heavy atom. The van der Waals surface area contributed by atoms with Crippen molar-refractivity contribution in [3.8, 4) is 0 Å². The number of rotatable bonds is 7. The molecule has 0 bridgehead atoms. The summed E-state index contributed by atoms with van der Waals surface area (Å²) in [7, 11) is -1.00. The summed E-state index contributed by atoms with van der Waals surface area (Å²) in [5.74, 6) is 0.772. The molecule has 0 aromatic heterocycles. The van der Waals surface area contributed by atoms with Gasteiger partial charge in [-0.2, -0.15) is 0 Å². The molecule has 1 aromatic carbocycles. The van der Waals surface area contributed by atoms with E-state index in [0.717, 1.165) is 17.0 Å². The monoisotopic (exact) mass is 295 g/mol. The van der Waals surface area contributed by atoms with Crippen LogP contribution in [0.5, 0.6) is 0 Å². The van der Waals surface area contributed by atoms with Crippen molar-refractivity contribution in [3.63, 3.8) is 0 Å². The molecule has 1 aliphatic rings. The lowest BCUT2D eigenvalue weighted by Gasteiger charge is -2.25. The molecular weight excluding hydrogens is 270 g/mol. The number of halogens is 1. The fourth-order valence-electron chi connectivity index (χ4n) is 2.66. The second kappa shape index (κ2) is 6.42. The fraction of sp³-hybridized carbons (Fsp3) is 0.625. The van der Waals surface area contributed by atoms with Crippen LogP contribution in [0.3, 0.4) is 0 Å². The lowest BCUT2D eigenvalue weighted by atomic mass is 10.0. The van der Waals surface area contributed by atoms with Crippen LogP contribution in [0.4, 0.5) is 0 Å². The number of hydrogen-bond donors (Lipinski definition) is 1. The summed E-state index contributed by atoms with van der Waals surface area (Å²) in [4.78, 5) is 0. The predicted octanol–water partition coefficient (Wildman–Crippen LogP) is 4.59. The van der Waals surface area contributed by atoms with Crippen LogP contribution < -0.4 is 5.32 Å². The summed E-state index contributed by atoms with van der Waals surface area (Å²) in [6.07, 6.45) is 3.93. The van der Waals surface area contributed by atoms with E-state index in [0.29, 0.717) is 0 Å². The first kappa shape index (κ1) is 15.1. The molecule has 1 unspecified atom stereocenters. The van der Waals surface area contributed by atoms with Gasteiger partial charge in [-0.1, -0.05) is 49.4 Å². The molecule has 106 valence electrons. The van der Waals surface area contributed by atoms with Crippen molar-refractivity contribution in [2.75, 3.05) is 6.54 Å². The summed E-state index contributed by atoms with van der Waals surface area (Å²) >= 11 is 5.96. The minimum Gasteiger partial charge on any atom is -0.314 e. The van der Waals surface area contributed by atoms with Crippen LogP contribution in [0, 0.1) is 5.92 Å². The second-order valence-corrected chi connectivity index (χ2v) is 13.1. The van der Waals surface area contributed by atoms with E-state index in [-0.39, 0.29) is 0 Å². The molecule has 19 heavy (non-hydrogen) atoms. The van der Waals surface area contributed by atoms with Crippen molar-refractivity contribution >= 4 is 19.7 Å². The largest absolute Gasteiger partial charge is 0.314 e. The first-order valence-electron chi connectivity index (χ1n) is 7.40. The van der Waals surface area contributed by atoms with E-state index in [1.165, 1.54) is 37.4 Å². The molecule has 0 saturated heterocycles. The van der Waals surface area contributed by atoms with Gasteiger partial charge in [0, 0.05) is 19.1 Å². The van der Waals surface area contributed by atoms with Gasteiger partial charge in [0.15, 0.2) is 0 Å². The van der Waals surface area contributed by atoms with Gasteiger partial charge in [0.2, 0.25) is 0 Å². The van der Waals surface area contributed by atoms with Crippen LogP contribution in [-0.4, -0.2) is 20.7 Å². The molecule has 1 N–H and O–H groups in total. The summed E-state index contributed by atoms with van der Waals surface area (Å²) in [6, 6.07) is 10.6. The van der Waals surface area contributed by atoms with Gasteiger partial charge >= 0.3 is 0 Å². The van der Waals surface area contributed by atoms with E-state index in [4.69, 9.17) is 11.6 Å². The summed E-state index contributed by atoms with van der Waals surface area (Å²) in [6.45, 7) is 8.59. The summed E-state index contributed by atoms with van der Waals surface area (Å²) in [5.41, 5.74) is 1.42. The Balaban J connectivity index is 1.92. The zero-order chi connectivity index (χ0) is 13.9. The summed E-state index contributed by atoms with van der Waals surface area (Å²) < 4.78 is 0. The smallest absolute Gasteiger partial charge is 0.0446 e. The van der Waals surface area contributed by atoms with E-state index in [9.17, 15) is 0 Å². The molecule has 1 atom stereocenters. The fourth-order valence-corrected chi connectivity index (χ4v) is 4.80. The molecule has 0 amide bonds. The number of hydrogen-bond acceptors (Lipinski definition) is 1. The van der Waals surface area contributed by atoms with Crippen molar-refractivity contribution in [1.29, 1.82) is 0 Å². The quantitative estimate of drug-likeness (QED) is 0.726. The highest BCUT2D eigenvalue weighted by Crippen LogP contribution is 2.24. The highest BCUT2D eigenvalue weighted by molar-refractivity contribution is 6.76. The standard InChI is InChI=1S/C16H26ClNSi/c1-19(2,3)12-14(11-18-16-8-9-16)10-13-4-6-15(17)7-5-13/h4-7,14,16,18H,8-12H2,1-3H3. The Hall–Kier alpha value is -0.313. The molecule has 3 heteroatoms. The van der Waals surface area contributed by atoms with Crippen molar-refractivity contribution in [3.05, 3.63) is 34.9 Å². The Labute approximate surface area is 123 Å². The normalized spacial score (nSPS) is 17.5. The van der Waals surface area contributed by atoms with E-state index >= 15 is 0 Å². The van der Waals surface area contributed by atoms with Crippen LogP contribution in [0.15, 0.2) is 24.3 Å². The average molecular weight is 296 g/mol. The van der Waals surface area contributed by atoms with Gasteiger partial charge in [-0.25, -0.2) is 0 Å². The molecule has 1 aromatic rings. The number of benzene rings is 1. The van der Waals surface area contributed by atoms with E-state index < -0.39 is 8.07 Å². The van der Waals surface area contributed by atoms with Crippen LogP contribution in [0.25, 0.3) is 0 Å². The van der Waals surface area contributed by atoms with E-state index in [1.807, 2.05) is 12.1 Å². The molecule has 1 nitrogen and oxygen atoms in total. The molecule has 0 radical (unpaired) electrons. The van der Waals surface area contributed by atoms with Crippen molar-refractivity contribution in [2.45, 2.75) is 51.0 Å². The van der Waals surface area contributed by atoms with E-state index in [2.05, 4.69) is 37.1 Å². The van der Waals surface area contributed by atoms with Crippen LogP contribution in [0.1, 0.15) is 18.4 Å². The van der Waals surface area contributed by atoms with Crippen molar-refractivity contribution in [2.24, 2.45) is 5.92 Å². The minimum atomic E-state index is -1.00. The molecular formula is C16H26ClNSi. The molecule has 1 fully saturated rings. The lowest BCUT2D eigenvalue weighted by molar-refractivity contribution is 0.504. The van der Waals surface area contributed by atoms with Crippen molar-refractivity contribution < 1.29 is 0 Å². The Morgan fingerprint density at radius 1 is 1.21 bits per heavy atom. The molecule has 1 saturated carbocycles. The second-order valence-electron chi connectivity index (χ2n) is 7.14. The highest BCUT2D eigenvalue weighted by Gasteiger charge is 2.25. The third-order valence-electron chi connectivity index (χ3n) is 3.61. The third kappa shape index (κ3) is 6.11. The van der Waals surface area contributed by atoms with Gasteiger partial charge < -0.3 is 5.32 Å². The van der Waals surface area contributed by atoms with Crippen LogP contribution in [-0.2, 0) is 6.42 Å². The number of nitrogens with one attached hydrogen (secondary N) is 1.